The Morgan fingerprint density at radius 2 is 1.48 bits per heavy atom. The summed E-state index contributed by atoms with van der Waals surface area (Å²) in [5.74, 6) is 0.877. The van der Waals surface area contributed by atoms with Gasteiger partial charge in [0.1, 0.15) is 5.75 Å². The second-order valence-electron chi connectivity index (χ2n) is 10.9. The SMILES string of the molecule is COc1ccc(C=CC=Cc2cccc3[n+]2CCc2c(C)c(C)c4c(c2-3)-c2c3ccccc3cc[n+]2CC4)cc1. The van der Waals surface area contributed by atoms with Crippen molar-refractivity contribution in [2.45, 2.75) is 39.8 Å². The van der Waals surface area contributed by atoms with Crippen molar-refractivity contribution < 1.29 is 13.9 Å². The van der Waals surface area contributed by atoms with Crippen LogP contribution in [0.15, 0.2) is 91.1 Å². The van der Waals surface area contributed by atoms with Crippen LogP contribution in [0.1, 0.15) is 33.5 Å². The van der Waals surface area contributed by atoms with E-state index in [0.717, 1.165) is 37.2 Å². The molecule has 0 bridgehead atoms. The largest absolute Gasteiger partial charge is 0.497 e. The van der Waals surface area contributed by atoms with Crippen molar-refractivity contribution in [3.63, 3.8) is 0 Å². The first-order valence-electron chi connectivity index (χ1n) is 14.2. The molecule has 3 heteroatoms. The van der Waals surface area contributed by atoms with E-state index in [1.165, 1.54) is 61.2 Å². The summed E-state index contributed by atoms with van der Waals surface area (Å²) in [5.41, 5.74) is 13.9. The molecule has 0 amide bonds. The average Bonchev–Trinajstić information content (AvgIpc) is 3.01. The molecule has 3 aromatic carbocycles. The second kappa shape index (κ2) is 9.91. The fourth-order valence-electron chi connectivity index (χ4n) is 6.68. The van der Waals surface area contributed by atoms with Crippen LogP contribution in [0.2, 0.25) is 0 Å². The van der Waals surface area contributed by atoms with Crippen molar-refractivity contribution in [2.75, 3.05) is 7.11 Å². The summed E-state index contributed by atoms with van der Waals surface area (Å²) >= 11 is 0. The van der Waals surface area contributed by atoms with Crippen molar-refractivity contribution in [2.24, 2.45) is 0 Å². The summed E-state index contributed by atoms with van der Waals surface area (Å²) in [6.07, 6.45) is 13.0. The monoisotopic (exact) mass is 522 g/mol. The maximum Gasteiger partial charge on any atom is 0.221 e. The average molecular weight is 523 g/mol. The molecule has 0 saturated carbocycles. The molecule has 2 aromatic heterocycles. The van der Waals surface area contributed by atoms with Gasteiger partial charge in [0.15, 0.2) is 19.3 Å². The third kappa shape index (κ3) is 3.96. The van der Waals surface area contributed by atoms with Gasteiger partial charge >= 0.3 is 0 Å². The van der Waals surface area contributed by atoms with E-state index in [2.05, 4.69) is 114 Å². The van der Waals surface area contributed by atoms with E-state index in [4.69, 9.17) is 4.74 Å². The van der Waals surface area contributed by atoms with Crippen molar-refractivity contribution >= 4 is 22.9 Å². The van der Waals surface area contributed by atoms with Gasteiger partial charge in [-0.3, -0.25) is 0 Å². The highest BCUT2D eigenvalue weighted by Crippen LogP contribution is 2.44. The Bertz CT molecular complexity index is 1840. The minimum absolute atomic E-state index is 0.877. The number of fused-ring (bicyclic) bond motifs is 9. The van der Waals surface area contributed by atoms with E-state index < -0.39 is 0 Å². The lowest BCUT2D eigenvalue weighted by Gasteiger charge is -2.27. The molecular formula is C37H34N2O+2. The Kier molecular flexibility index (Phi) is 6.08. The molecule has 0 N–H and O–H groups in total. The minimum Gasteiger partial charge on any atom is -0.497 e. The van der Waals surface area contributed by atoms with Crippen LogP contribution in [0.5, 0.6) is 5.75 Å². The number of methoxy groups -OCH3 is 1. The van der Waals surface area contributed by atoms with Crippen LogP contribution >= 0.6 is 0 Å². The van der Waals surface area contributed by atoms with Crippen molar-refractivity contribution in [1.82, 2.24) is 0 Å². The highest BCUT2D eigenvalue weighted by atomic mass is 16.5. The second-order valence-corrected chi connectivity index (χ2v) is 10.9. The number of ether oxygens (including phenoxy) is 1. The number of pyridine rings is 2. The van der Waals surface area contributed by atoms with E-state index in [9.17, 15) is 0 Å². The fourth-order valence-corrected chi connectivity index (χ4v) is 6.68. The summed E-state index contributed by atoms with van der Waals surface area (Å²) in [6, 6.07) is 26.0. The standard InChI is InChI=1S/C37H34N2O/c1-25-26(2)32-20-23-38-22-19-28-10-5-7-13-33(28)37(38)36(32)35-31(25)21-24-39-29(12-8-14-34(35)39)11-6-4-9-27-15-17-30(40-3)18-16-27/h4-19,22H,20-21,23-24H2,1-3H3/q+2. The van der Waals surface area contributed by atoms with Gasteiger partial charge < -0.3 is 4.74 Å². The molecule has 5 aromatic rings. The Labute approximate surface area is 236 Å². The third-order valence-corrected chi connectivity index (χ3v) is 8.85. The molecule has 2 aliphatic heterocycles. The van der Waals surface area contributed by atoms with Gasteiger partial charge in [-0.1, -0.05) is 48.6 Å². The normalized spacial score (nSPS) is 13.8. The molecule has 0 aliphatic carbocycles. The van der Waals surface area contributed by atoms with E-state index in [-0.39, 0.29) is 0 Å². The summed E-state index contributed by atoms with van der Waals surface area (Å²) in [7, 11) is 1.70. The Hall–Kier alpha value is -4.50. The van der Waals surface area contributed by atoms with Gasteiger partial charge in [0.25, 0.3) is 0 Å². The Balaban J connectivity index is 1.36. The predicted octanol–water partition coefficient (Wildman–Crippen LogP) is 7.21. The maximum absolute atomic E-state index is 5.28. The summed E-state index contributed by atoms with van der Waals surface area (Å²) in [6.45, 7) is 6.69. The lowest BCUT2D eigenvalue weighted by atomic mass is 9.79. The Morgan fingerprint density at radius 3 is 2.30 bits per heavy atom. The molecular weight excluding hydrogens is 488 g/mol. The van der Waals surface area contributed by atoms with Crippen LogP contribution in [0.4, 0.5) is 0 Å². The molecule has 40 heavy (non-hydrogen) atoms. The zero-order valence-electron chi connectivity index (χ0n) is 23.4. The number of hydrogen-bond acceptors (Lipinski definition) is 1. The first kappa shape index (κ1) is 24.5. The molecule has 196 valence electrons. The van der Waals surface area contributed by atoms with Crippen LogP contribution in [0.3, 0.4) is 0 Å². The summed E-state index contributed by atoms with van der Waals surface area (Å²) in [5, 5.41) is 2.64. The van der Waals surface area contributed by atoms with Gasteiger partial charge in [-0.05, 0) is 71.3 Å². The molecule has 3 nitrogen and oxygen atoms in total. The number of allylic oxidation sites excluding steroid dienone is 2. The number of aromatic nitrogens is 2. The smallest absolute Gasteiger partial charge is 0.221 e. The maximum atomic E-state index is 5.28. The number of rotatable bonds is 4. The first-order chi connectivity index (χ1) is 19.6. The zero-order chi connectivity index (χ0) is 27.2. The lowest BCUT2D eigenvalue weighted by molar-refractivity contribution is -0.690. The molecule has 0 saturated heterocycles. The molecule has 0 radical (unpaired) electrons. The molecule has 7 rings (SSSR count). The van der Waals surface area contributed by atoms with Gasteiger partial charge in [-0.2, -0.15) is 9.13 Å². The lowest BCUT2D eigenvalue weighted by Crippen LogP contribution is -2.45. The van der Waals surface area contributed by atoms with Gasteiger partial charge in [-0.15, -0.1) is 0 Å². The Morgan fingerprint density at radius 1 is 0.725 bits per heavy atom. The van der Waals surface area contributed by atoms with Crippen molar-refractivity contribution in [1.29, 1.82) is 0 Å². The number of hydrogen-bond donors (Lipinski definition) is 0. The molecule has 0 spiro atoms. The summed E-state index contributed by atoms with van der Waals surface area (Å²) < 4.78 is 10.3. The molecule has 2 aliphatic rings. The third-order valence-electron chi connectivity index (χ3n) is 8.85. The summed E-state index contributed by atoms with van der Waals surface area (Å²) in [4.78, 5) is 0. The van der Waals surface area contributed by atoms with E-state index in [1.54, 1.807) is 7.11 Å². The van der Waals surface area contributed by atoms with Gasteiger partial charge in [0, 0.05) is 37.1 Å². The van der Waals surface area contributed by atoms with Crippen LogP contribution in [0.25, 0.3) is 45.4 Å². The van der Waals surface area contributed by atoms with E-state index >= 15 is 0 Å². The fraction of sp³-hybridized carbons (Fsp3) is 0.189. The van der Waals surface area contributed by atoms with Crippen LogP contribution in [-0.4, -0.2) is 7.11 Å². The zero-order valence-corrected chi connectivity index (χ0v) is 23.4. The van der Waals surface area contributed by atoms with Crippen LogP contribution < -0.4 is 13.9 Å². The van der Waals surface area contributed by atoms with E-state index in [0.29, 0.717) is 0 Å². The molecule has 0 unspecified atom stereocenters. The predicted molar refractivity (Wildman–Crippen MR) is 163 cm³/mol. The van der Waals surface area contributed by atoms with Gasteiger partial charge in [0.05, 0.1) is 23.6 Å². The molecule has 0 atom stereocenters. The molecule has 0 fully saturated rings. The van der Waals surface area contributed by atoms with Gasteiger partial charge in [-0.25, -0.2) is 0 Å². The van der Waals surface area contributed by atoms with Crippen molar-refractivity contribution in [3.8, 4) is 28.3 Å². The first-order valence-corrected chi connectivity index (χ1v) is 14.2. The quantitative estimate of drug-likeness (QED) is 0.180. The topological polar surface area (TPSA) is 17.0 Å². The number of benzene rings is 3. The van der Waals surface area contributed by atoms with Gasteiger partial charge in [0.2, 0.25) is 17.1 Å². The highest BCUT2D eigenvalue weighted by Gasteiger charge is 2.37. The van der Waals surface area contributed by atoms with Crippen LogP contribution in [-0.2, 0) is 25.9 Å². The number of nitrogens with zero attached hydrogens (tertiary/aromatic N) is 2. The molecule has 4 heterocycles. The van der Waals surface area contributed by atoms with Crippen LogP contribution in [0, 0.1) is 13.8 Å². The number of aryl methyl sites for hydroxylation is 1. The van der Waals surface area contributed by atoms with E-state index in [1.807, 2.05) is 12.1 Å². The highest BCUT2D eigenvalue weighted by molar-refractivity contribution is 5.99. The van der Waals surface area contributed by atoms with Crippen molar-refractivity contribution in [3.05, 3.63) is 125 Å². The minimum atomic E-state index is 0.877.